The number of piperazine rings is 1. The SMILES string of the molecule is CC1CN2CCCC2CN1C1(CN)CCC(C)(C)CC1. The minimum atomic E-state index is 0.295. The zero-order valence-corrected chi connectivity index (χ0v) is 13.7. The lowest BCUT2D eigenvalue weighted by Gasteiger charge is -2.55. The fraction of sp³-hybridized carbons (Fsp3) is 1.00. The van der Waals surface area contributed by atoms with Crippen LogP contribution in [0.5, 0.6) is 0 Å². The van der Waals surface area contributed by atoms with Crippen LogP contribution in [0.3, 0.4) is 0 Å². The number of nitrogens with two attached hydrogens (primary N) is 1. The minimum Gasteiger partial charge on any atom is -0.329 e. The van der Waals surface area contributed by atoms with Gasteiger partial charge in [0.25, 0.3) is 0 Å². The van der Waals surface area contributed by atoms with E-state index in [4.69, 9.17) is 5.73 Å². The Morgan fingerprint density at radius 2 is 1.80 bits per heavy atom. The molecule has 3 heteroatoms. The first kappa shape index (κ1) is 14.8. The summed E-state index contributed by atoms with van der Waals surface area (Å²) in [6.45, 7) is 12.0. The average molecular weight is 279 g/mol. The molecule has 0 aromatic carbocycles. The van der Waals surface area contributed by atoms with E-state index in [0.29, 0.717) is 17.0 Å². The minimum absolute atomic E-state index is 0.295. The zero-order chi connectivity index (χ0) is 14.4. The number of nitrogens with zero attached hydrogens (tertiary/aromatic N) is 2. The molecule has 0 amide bonds. The van der Waals surface area contributed by atoms with Gasteiger partial charge in [-0.3, -0.25) is 9.80 Å². The maximum atomic E-state index is 6.30. The summed E-state index contributed by atoms with van der Waals surface area (Å²) >= 11 is 0. The molecule has 3 nitrogen and oxygen atoms in total. The molecule has 1 aliphatic carbocycles. The fourth-order valence-electron chi connectivity index (χ4n) is 4.85. The summed E-state index contributed by atoms with van der Waals surface area (Å²) in [7, 11) is 0. The molecular weight excluding hydrogens is 246 g/mol. The highest BCUT2D eigenvalue weighted by Crippen LogP contribution is 2.44. The topological polar surface area (TPSA) is 32.5 Å². The van der Waals surface area contributed by atoms with Gasteiger partial charge in [0.1, 0.15) is 0 Å². The molecule has 0 bridgehead atoms. The number of hydrogen-bond donors (Lipinski definition) is 1. The molecule has 20 heavy (non-hydrogen) atoms. The zero-order valence-electron chi connectivity index (χ0n) is 13.7. The lowest BCUT2D eigenvalue weighted by molar-refractivity contribution is -0.0517. The summed E-state index contributed by atoms with van der Waals surface area (Å²) in [4.78, 5) is 5.53. The first-order valence-corrected chi connectivity index (χ1v) is 8.67. The van der Waals surface area contributed by atoms with Gasteiger partial charge >= 0.3 is 0 Å². The van der Waals surface area contributed by atoms with E-state index in [-0.39, 0.29) is 0 Å². The third-order valence-electron chi connectivity index (χ3n) is 6.46. The van der Waals surface area contributed by atoms with Crippen LogP contribution in [0.15, 0.2) is 0 Å². The van der Waals surface area contributed by atoms with Crippen LogP contribution in [0.2, 0.25) is 0 Å². The van der Waals surface area contributed by atoms with E-state index >= 15 is 0 Å². The molecule has 0 aromatic heterocycles. The van der Waals surface area contributed by atoms with E-state index in [1.54, 1.807) is 0 Å². The van der Waals surface area contributed by atoms with Crippen molar-refractivity contribution in [1.29, 1.82) is 0 Å². The van der Waals surface area contributed by atoms with Gasteiger partial charge in [-0.2, -0.15) is 0 Å². The quantitative estimate of drug-likeness (QED) is 0.843. The van der Waals surface area contributed by atoms with Gasteiger partial charge < -0.3 is 5.73 Å². The second-order valence-corrected chi connectivity index (χ2v) is 8.39. The highest BCUT2D eigenvalue weighted by molar-refractivity contribution is 5.03. The van der Waals surface area contributed by atoms with Crippen molar-refractivity contribution >= 4 is 0 Å². The first-order chi connectivity index (χ1) is 9.46. The summed E-state index contributed by atoms with van der Waals surface area (Å²) in [5.41, 5.74) is 7.12. The molecular formula is C17H33N3. The van der Waals surface area contributed by atoms with Gasteiger partial charge in [0.15, 0.2) is 0 Å². The van der Waals surface area contributed by atoms with Crippen LogP contribution < -0.4 is 5.73 Å². The monoisotopic (exact) mass is 279 g/mol. The Morgan fingerprint density at radius 1 is 1.10 bits per heavy atom. The highest BCUT2D eigenvalue weighted by Gasteiger charge is 2.47. The van der Waals surface area contributed by atoms with Gasteiger partial charge in [0.2, 0.25) is 0 Å². The Kier molecular flexibility index (Phi) is 3.89. The number of hydrogen-bond acceptors (Lipinski definition) is 3. The fourth-order valence-corrected chi connectivity index (χ4v) is 4.85. The van der Waals surface area contributed by atoms with Crippen molar-refractivity contribution in [3.05, 3.63) is 0 Å². The Bertz CT molecular complexity index is 342. The number of rotatable bonds is 2. The Morgan fingerprint density at radius 3 is 2.45 bits per heavy atom. The molecule has 3 rings (SSSR count). The lowest BCUT2D eigenvalue weighted by atomic mass is 9.68. The first-order valence-electron chi connectivity index (χ1n) is 8.67. The summed E-state index contributed by atoms with van der Waals surface area (Å²) in [6, 6.07) is 1.48. The second-order valence-electron chi connectivity index (χ2n) is 8.39. The van der Waals surface area contributed by atoms with Crippen molar-refractivity contribution in [2.45, 2.75) is 76.9 Å². The molecule has 2 unspecified atom stereocenters. The van der Waals surface area contributed by atoms with Crippen molar-refractivity contribution in [2.24, 2.45) is 11.1 Å². The predicted molar refractivity (Wildman–Crippen MR) is 84.8 cm³/mol. The summed E-state index contributed by atoms with van der Waals surface area (Å²) in [5.74, 6) is 0. The van der Waals surface area contributed by atoms with Gasteiger partial charge in [-0.15, -0.1) is 0 Å². The predicted octanol–water partition coefficient (Wildman–Crippen LogP) is 2.45. The molecule has 3 aliphatic rings. The number of fused-ring (bicyclic) bond motifs is 1. The van der Waals surface area contributed by atoms with E-state index in [2.05, 4.69) is 30.6 Å². The van der Waals surface area contributed by atoms with E-state index in [1.807, 2.05) is 0 Å². The smallest absolute Gasteiger partial charge is 0.0336 e. The van der Waals surface area contributed by atoms with Crippen LogP contribution in [0.1, 0.15) is 59.3 Å². The van der Waals surface area contributed by atoms with Crippen LogP contribution in [-0.4, -0.2) is 53.6 Å². The molecule has 0 radical (unpaired) electrons. The maximum Gasteiger partial charge on any atom is 0.0336 e. The van der Waals surface area contributed by atoms with E-state index in [9.17, 15) is 0 Å². The van der Waals surface area contributed by atoms with Gasteiger partial charge in [-0.05, 0) is 57.4 Å². The van der Waals surface area contributed by atoms with E-state index < -0.39 is 0 Å². The standard InChI is InChI=1S/C17H33N3/c1-14-11-19-10-4-5-15(19)12-20(14)17(13-18)8-6-16(2,3)7-9-17/h14-15H,4-13,18H2,1-3H3. The van der Waals surface area contributed by atoms with E-state index in [1.165, 1.54) is 58.2 Å². The van der Waals surface area contributed by atoms with Crippen molar-refractivity contribution in [3.8, 4) is 0 Å². The van der Waals surface area contributed by atoms with Crippen LogP contribution in [0.25, 0.3) is 0 Å². The molecule has 2 saturated heterocycles. The van der Waals surface area contributed by atoms with Crippen molar-refractivity contribution in [1.82, 2.24) is 9.80 Å². The summed E-state index contributed by atoms with van der Waals surface area (Å²) in [6.07, 6.45) is 8.06. The van der Waals surface area contributed by atoms with Crippen molar-refractivity contribution in [2.75, 3.05) is 26.2 Å². The van der Waals surface area contributed by atoms with Crippen molar-refractivity contribution < 1.29 is 0 Å². The molecule has 2 N–H and O–H groups in total. The van der Waals surface area contributed by atoms with Gasteiger partial charge in [-0.25, -0.2) is 0 Å². The highest BCUT2D eigenvalue weighted by atomic mass is 15.3. The largest absolute Gasteiger partial charge is 0.329 e. The summed E-state index contributed by atoms with van der Waals surface area (Å²) < 4.78 is 0. The van der Waals surface area contributed by atoms with Crippen LogP contribution in [-0.2, 0) is 0 Å². The molecule has 3 fully saturated rings. The van der Waals surface area contributed by atoms with Gasteiger partial charge in [0.05, 0.1) is 0 Å². The Hall–Kier alpha value is -0.120. The normalized spacial score (nSPS) is 37.8. The van der Waals surface area contributed by atoms with Crippen LogP contribution >= 0.6 is 0 Å². The second kappa shape index (κ2) is 5.26. The Labute approximate surface area is 124 Å². The Balaban J connectivity index is 1.75. The third kappa shape index (κ3) is 2.53. The summed E-state index contributed by atoms with van der Waals surface area (Å²) in [5, 5.41) is 0. The van der Waals surface area contributed by atoms with Crippen molar-refractivity contribution in [3.63, 3.8) is 0 Å². The molecule has 116 valence electrons. The van der Waals surface area contributed by atoms with Gasteiger partial charge in [0, 0.05) is 37.3 Å². The molecule has 2 heterocycles. The molecule has 0 spiro atoms. The maximum absolute atomic E-state index is 6.30. The molecule has 0 aromatic rings. The molecule has 2 aliphatic heterocycles. The molecule has 2 atom stereocenters. The van der Waals surface area contributed by atoms with Crippen LogP contribution in [0.4, 0.5) is 0 Å². The molecule has 1 saturated carbocycles. The van der Waals surface area contributed by atoms with Crippen LogP contribution in [0, 0.1) is 5.41 Å². The van der Waals surface area contributed by atoms with Gasteiger partial charge in [-0.1, -0.05) is 13.8 Å². The van der Waals surface area contributed by atoms with E-state index in [0.717, 1.165) is 12.6 Å². The third-order valence-corrected chi connectivity index (χ3v) is 6.46. The lowest BCUT2D eigenvalue weighted by Crippen LogP contribution is -2.66. The average Bonchev–Trinajstić information content (AvgIpc) is 2.86.